The Hall–Kier alpha value is -1.20. The van der Waals surface area contributed by atoms with Crippen LogP contribution in [0.2, 0.25) is 0 Å². The zero-order valence-corrected chi connectivity index (χ0v) is 11.8. The SMILES string of the molecule is CC(N)C(C)C(=O)NCCc1c(F)cccc1F.Cl. The Balaban J connectivity index is 0.00000324. The highest BCUT2D eigenvalue weighted by molar-refractivity contribution is 5.85. The van der Waals surface area contributed by atoms with Crippen LogP contribution in [0.25, 0.3) is 0 Å². The topological polar surface area (TPSA) is 55.1 Å². The third kappa shape index (κ3) is 5.12. The maximum absolute atomic E-state index is 13.3. The van der Waals surface area contributed by atoms with Crippen LogP contribution in [0.15, 0.2) is 18.2 Å². The van der Waals surface area contributed by atoms with Crippen molar-refractivity contribution in [2.75, 3.05) is 6.54 Å². The third-order valence-electron chi connectivity index (χ3n) is 2.94. The van der Waals surface area contributed by atoms with Gasteiger partial charge in [-0.1, -0.05) is 13.0 Å². The molecule has 3 nitrogen and oxygen atoms in total. The van der Waals surface area contributed by atoms with E-state index < -0.39 is 11.6 Å². The summed E-state index contributed by atoms with van der Waals surface area (Å²) in [5.41, 5.74) is 5.58. The van der Waals surface area contributed by atoms with Crippen LogP contribution in [-0.2, 0) is 11.2 Å². The van der Waals surface area contributed by atoms with Gasteiger partial charge in [0.05, 0.1) is 0 Å². The van der Waals surface area contributed by atoms with Gasteiger partial charge in [0.1, 0.15) is 11.6 Å². The van der Waals surface area contributed by atoms with Crippen LogP contribution >= 0.6 is 12.4 Å². The predicted octanol–water partition coefficient (Wildman–Crippen LogP) is 2.03. The van der Waals surface area contributed by atoms with E-state index in [-0.39, 0.29) is 48.8 Å². The zero-order valence-electron chi connectivity index (χ0n) is 11.0. The number of nitrogens with one attached hydrogen (secondary N) is 1. The third-order valence-corrected chi connectivity index (χ3v) is 2.94. The molecule has 0 aromatic heterocycles. The highest BCUT2D eigenvalue weighted by atomic mass is 35.5. The van der Waals surface area contributed by atoms with Gasteiger partial charge in [-0.15, -0.1) is 12.4 Å². The number of amides is 1. The molecule has 1 amide bonds. The average molecular weight is 293 g/mol. The number of benzene rings is 1. The molecule has 0 fully saturated rings. The molecule has 108 valence electrons. The van der Waals surface area contributed by atoms with E-state index in [1.165, 1.54) is 18.2 Å². The minimum Gasteiger partial charge on any atom is -0.355 e. The molecule has 0 radical (unpaired) electrons. The van der Waals surface area contributed by atoms with Gasteiger partial charge in [0.2, 0.25) is 5.91 Å². The Morgan fingerprint density at radius 2 is 1.84 bits per heavy atom. The fraction of sp³-hybridized carbons (Fsp3) is 0.462. The molecule has 2 atom stereocenters. The summed E-state index contributed by atoms with van der Waals surface area (Å²) in [5, 5.41) is 2.61. The highest BCUT2D eigenvalue weighted by Crippen LogP contribution is 2.12. The van der Waals surface area contributed by atoms with Gasteiger partial charge in [0.15, 0.2) is 0 Å². The predicted molar refractivity (Wildman–Crippen MR) is 73.1 cm³/mol. The van der Waals surface area contributed by atoms with Crippen LogP contribution in [0.4, 0.5) is 8.78 Å². The van der Waals surface area contributed by atoms with Gasteiger partial charge < -0.3 is 11.1 Å². The summed E-state index contributed by atoms with van der Waals surface area (Å²) in [4.78, 5) is 11.6. The van der Waals surface area contributed by atoms with Crippen LogP contribution in [0.3, 0.4) is 0 Å². The maximum Gasteiger partial charge on any atom is 0.224 e. The van der Waals surface area contributed by atoms with Gasteiger partial charge in [-0.05, 0) is 25.5 Å². The molecule has 0 aliphatic carbocycles. The Morgan fingerprint density at radius 3 is 2.32 bits per heavy atom. The molecular formula is C13H19ClF2N2O. The van der Waals surface area contributed by atoms with Gasteiger partial charge in [0, 0.05) is 24.1 Å². The quantitative estimate of drug-likeness (QED) is 0.872. The molecule has 0 heterocycles. The molecule has 1 rings (SSSR count). The summed E-state index contributed by atoms with van der Waals surface area (Å²) in [7, 11) is 0. The Kier molecular flexibility index (Phi) is 7.56. The molecule has 0 spiro atoms. The van der Waals surface area contributed by atoms with Crippen LogP contribution in [0.1, 0.15) is 19.4 Å². The number of carbonyl (C=O) groups excluding carboxylic acids is 1. The lowest BCUT2D eigenvalue weighted by atomic mass is 10.0. The largest absolute Gasteiger partial charge is 0.355 e. The van der Waals surface area contributed by atoms with Gasteiger partial charge >= 0.3 is 0 Å². The number of hydrogen-bond donors (Lipinski definition) is 2. The van der Waals surface area contributed by atoms with E-state index in [0.29, 0.717) is 0 Å². The van der Waals surface area contributed by atoms with Crippen molar-refractivity contribution in [1.82, 2.24) is 5.32 Å². The first-order valence-electron chi connectivity index (χ1n) is 5.89. The monoisotopic (exact) mass is 292 g/mol. The Labute approximate surface area is 118 Å². The van der Waals surface area contributed by atoms with E-state index in [9.17, 15) is 13.6 Å². The van der Waals surface area contributed by atoms with E-state index >= 15 is 0 Å². The van der Waals surface area contributed by atoms with Crippen molar-refractivity contribution in [2.45, 2.75) is 26.3 Å². The van der Waals surface area contributed by atoms with Crippen molar-refractivity contribution < 1.29 is 13.6 Å². The standard InChI is InChI=1S/C13H18F2N2O.ClH/c1-8(9(2)16)13(18)17-7-6-10-11(14)4-3-5-12(10)15;/h3-5,8-9H,6-7,16H2,1-2H3,(H,17,18);1H. The average Bonchev–Trinajstić information content (AvgIpc) is 2.31. The van der Waals surface area contributed by atoms with Gasteiger partial charge in [-0.25, -0.2) is 8.78 Å². The van der Waals surface area contributed by atoms with Crippen LogP contribution < -0.4 is 11.1 Å². The number of halogens is 3. The number of carbonyl (C=O) groups is 1. The second-order valence-corrected chi connectivity index (χ2v) is 4.39. The summed E-state index contributed by atoms with van der Waals surface area (Å²) >= 11 is 0. The maximum atomic E-state index is 13.3. The van der Waals surface area contributed by atoms with Gasteiger partial charge in [-0.3, -0.25) is 4.79 Å². The van der Waals surface area contributed by atoms with Gasteiger partial charge in [0.25, 0.3) is 0 Å². The van der Waals surface area contributed by atoms with Gasteiger partial charge in [-0.2, -0.15) is 0 Å². The lowest BCUT2D eigenvalue weighted by molar-refractivity contribution is -0.124. The van der Waals surface area contributed by atoms with Crippen molar-refractivity contribution in [3.05, 3.63) is 35.4 Å². The van der Waals surface area contributed by atoms with E-state index in [2.05, 4.69) is 5.32 Å². The van der Waals surface area contributed by atoms with E-state index in [0.717, 1.165) is 0 Å². The Bertz CT molecular complexity index is 407. The van der Waals surface area contributed by atoms with Crippen molar-refractivity contribution in [2.24, 2.45) is 11.7 Å². The number of rotatable bonds is 5. The van der Waals surface area contributed by atoms with E-state index in [4.69, 9.17) is 5.73 Å². The lowest BCUT2D eigenvalue weighted by Crippen LogP contribution is -2.39. The second-order valence-electron chi connectivity index (χ2n) is 4.39. The number of hydrogen-bond acceptors (Lipinski definition) is 2. The van der Waals surface area contributed by atoms with Crippen LogP contribution in [0, 0.1) is 17.6 Å². The van der Waals surface area contributed by atoms with E-state index in [1.807, 2.05) is 0 Å². The lowest BCUT2D eigenvalue weighted by Gasteiger charge is -2.15. The van der Waals surface area contributed by atoms with Crippen molar-refractivity contribution in [1.29, 1.82) is 0 Å². The second kappa shape index (κ2) is 8.07. The molecule has 1 aromatic carbocycles. The fourth-order valence-electron chi connectivity index (χ4n) is 1.48. The molecule has 2 unspecified atom stereocenters. The van der Waals surface area contributed by atoms with E-state index in [1.54, 1.807) is 13.8 Å². The van der Waals surface area contributed by atoms with Crippen molar-refractivity contribution in [3.8, 4) is 0 Å². The normalized spacial score (nSPS) is 13.3. The van der Waals surface area contributed by atoms with Crippen LogP contribution in [-0.4, -0.2) is 18.5 Å². The minimum atomic E-state index is -0.593. The molecular weight excluding hydrogens is 274 g/mol. The smallest absolute Gasteiger partial charge is 0.224 e. The molecule has 0 saturated heterocycles. The molecule has 1 aromatic rings. The highest BCUT2D eigenvalue weighted by Gasteiger charge is 2.16. The molecule has 0 aliphatic rings. The van der Waals surface area contributed by atoms with Crippen molar-refractivity contribution >= 4 is 18.3 Å². The molecule has 0 aliphatic heterocycles. The molecule has 6 heteroatoms. The first-order valence-corrected chi connectivity index (χ1v) is 5.89. The summed E-state index contributed by atoms with van der Waals surface area (Å²) in [5.74, 6) is -1.72. The fourth-order valence-corrected chi connectivity index (χ4v) is 1.48. The molecule has 0 saturated carbocycles. The first kappa shape index (κ1) is 17.8. The van der Waals surface area contributed by atoms with Crippen molar-refractivity contribution in [3.63, 3.8) is 0 Å². The minimum absolute atomic E-state index is 0. The summed E-state index contributed by atoms with van der Waals surface area (Å²) < 4.78 is 26.6. The van der Waals surface area contributed by atoms with Crippen LogP contribution in [0.5, 0.6) is 0 Å². The zero-order chi connectivity index (χ0) is 13.7. The molecule has 19 heavy (non-hydrogen) atoms. The first-order chi connectivity index (χ1) is 8.43. The summed E-state index contributed by atoms with van der Waals surface area (Å²) in [6, 6.07) is 3.45. The summed E-state index contributed by atoms with van der Waals surface area (Å²) in [6.45, 7) is 3.64. The number of nitrogens with two attached hydrogens (primary N) is 1. The molecule has 3 N–H and O–H groups in total. The summed E-state index contributed by atoms with van der Waals surface area (Å²) in [6.07, 6.45) is 0.121. The Morgan fingerprint density at radius 1 is 1.32 bits per heavy atom. The molecule has 0 bridgehead atoms.